The highest BCUT2D eigenvalue weighted by Gasteiger charge is 2.54. The topological polar surface area (TPSA) is 157 Å². The van der Waals surface area contributed by atoms with Crippen LogP contribution in [0.15, 0.2) is 82.6 Å². The third-order valence-corrected chi connectivity index (χ3v) is 8.91. The molecule has 12 nitrogen and oxygen atoms in total. The minimum atomic E-state index is -1.59. The SMILES string of the molecule is CC(C)(C)OC(=O)C(C)(C)O/N=C(\C(=O)NC1C(=O)N2C(C(=O)OC(c3ccccc3)c3ccccc3)=C(CO)CCC12)c1ncsc1Cl. The molecule has 14 heteroatoms. The van der Waals surface area contributed by atoms with Crippen molar-refractivity contribution in [2.75, 3.05) is 6.61 Å². The Morgan fingerprint density at radius 2 is 1.67 bits per heavy atom. The third-order valence-electron chi connectivity index (χ3n) is 7.86. The van der Waals surface area contributed by atoms with Crippen LogP contribution in [0.1, 0.15) is 70.4 Å². The van der Waals surface area contributed by atoms with Gasteiger partial charge in [-0.2, -0.15) is 0 Å². The zero-order valence-corrected chi connectivity index (χ0v) is 29.2. The number of nitrogens with zero attached hydrogens (tertiary/aromatic N) is 3. The monoisotopic (exact) mass is 708 g/mol. The van der Waals surface area contributed by atoms with E-state index in [1.165, 1.54) is 24.3 Å². The van der Waals surface area contributed by atoms with Gasteiger partial charge in [0, 0.05) is 0 Å². The first-order valence-electron chi connectivity index (χ1n) is 15.6. The van der Waals surface area contributed by atoms with E-state index < -0.39 is 59.7 Å². The molecule has 0 radical (unpaired) electrons. The van der Waals surface area contributed by atoms with Crippen LogP contribution in [-0.4, -0.2) is 74.3 Å². The molecule has 2 amide bonds. The van der Waals surface area contributed by atoms with Crippen molar-refractivity contribution in [2.24, 2.45) is 5.16 Å². The lowest BCUT2D eigenvalue weighted by atomic mass is 9.83. The summed E-state index contributed by atoms with van der Waals surface area (Å²) in [4.78, 5) is 64.9. The number of nitrogens with one attached hydrogen (secondary N) is 1. The molecule has 0 bridgehead atoms. The van der Waals surface area contributed by atoms with Crippen molar-refractivity contribution in [1.29, 1.82) is 0 Å². The van der Waals surface area contributed by atoms with Crippen LogP contribution < -0.4 is 5.32 Å². The van der Waals surface area contributed by atoms with Crippen molar-refractivity contribution in [3.63, 3.8) is 0 Å². The standard InChI is InChI=1S/C35H37ClN4O8S/c1-34(2,3)47-33(45)35(4,5)48-39-26(25-29(36)49-19-37-25)30(42)38-24-23-17-16-22(18-41)27(40(23)31(24)43)32(44)46-28(20-12-8-6-9-13-20)21-14-10-7-11-15-21/h6-15,19,23-24,28,41H,16-18H2,1-5H3,(H,38,42)/b39-26-. The summed E-state index contributed by atoms with van der Waals surface area (Å²) in [6.07, 6.45) is -0.132. The molecule has 2 aromatic carbocycles. The molecule has 2 aliphatic rings. The number of aliphatic hydroxyl groups is 1. The zero-order chi connectivity index (χ0) is 35.5. The predicted molar refractivity (Wildman–Crippen MR) is 181 cm³/mol. The number of halogens is 1. The number of thiazole rings is 1. The summed E-state index contributed by atoms with van der Waals surface area (Å²) < 4.78 is 11.6. The molecule has 1 saturated heterocycles. The quantitative estimate of drug-likeness (QED) is 0.125. The first-order valence-corrected chi connectivity index (χ1v) is 16.8. The van der Waals surface area contributed by atoms with Gasteiger partial charge in [0.2, 0.25) is 5.60 Å². The largest absolute Gasteiger partial charge is 0.457 e. The predicted octanol–water partition coefficient (Wildman–Crippen LogP) is 4.71. The normalized spacial score (nSPS) is 18.1. The smallest absolute Gasteiger partial charge is 0.356 e. The lowest BCUT2D eigenvalue weighted by molar-refractivity contribution is -0.179. The molecule has 0 spiro atoms. The molecule has 5 rings (SSSR count). The molecule has 1 fully saturated rings. The van der Waals surface area contributed by atoms with E-state index >= 15 is 0 Å². The molecule has 49 heavy (non-hydrogen) atoms. The van der Waals surface area contributed by atoms with E-state index in [2.05, 4.69) is 15.5 Å². The molecule has 1 aromatic heterocycles. The van der Waals surface area contributed by atoms with Crippen molar-refractivity contribution in [1.82, 2.24) is 15.2 Å². The molecular weight excluding hydrogens is 672 g/mol. The van der Waals surface area contributed by atoms with Gasteiger partial charge in [0.15, 0.2) is 11.8 Å². The van der Waals surface area contributed by atoms with Crippen molar-refractivity contribution < 1.29 is 38.6 Å². The number of oxime groups is 1. The molecule has 258 valence electrons. The summed E-state index contributed by atoms with van der Waals surface area (Å²) >= 11 is 7.36. The number of ether oxygens (including phenoxy) is 2. The van der Waals surface area contributed by atoms with Gasteiger partial charge in [-0.15, -0.1) is 11.3 Å². The van der Waals surface area contributed by atoms with Gasteiger partial charge in [-0.1, -0.05) is 77.4 Å². The number of esters is 2. The van der Waals surface area contributed by atoms with Gasteiger partial charge in [0.25, 0.3) is 11.8 Å². The lowest BCUT2D eigenvalue weighted by Gasteiger charge is -2.50. The van der Waals surface area contributed by atoms with Gasteiger partial charge in [0.1, 0.15) is 27.4 Å². The fraction of sp³-hybridized carbons (Fsp3) is 0.371. The second-order valence-electron chi connectivity index (χ2n) is 13.0. The number of β-lactam (4-membered cyclic amide) rings is 1. The fourth-order valence-electron chi connectivity index (χ4n) is 5.42. The Kier molecular flexibility index (Phi) is 10.6. The van der Waals surface area contributed by atoms with Crippen molar-refractivity contribution >= 4 is 52.4 Å². The molecule has 2 N–H and O–H groups in total. The van der Waals surface area contributed by atoms with Gasteiger partial charge in [0.05, 0.1) is 18.2 Å². The molecule has 2 unspecified atom stereocenters. The fourth-order valence-corrected chi connectivity index (χ4v) is 6.18. The van der Waals surface area contributed by atoms with Crippen LogP contribution in [0.4, 0.5) is 0 Å². The van der Waals surface area contributed by atoms with Crippen LogP contribution in [0.3, 0.4) is 0 Å². The maximum absolute atomic E-state index is 13.8. The number of hydrogen-bond donors (Lipinski definition) is 2. The Labute approximate surface area is 292 Å². The molecule has 2 aliphatic heterocycles. The van der Waals surface area contributed by atoms with Gasteiger partial charge in [-0.3, -0.25) is 14.5 Å². The van der Waals surface area contributed by atoms with Crippen LogP contribution in [-0.2, 0) is 33.5 Å². The molecule has 3 heterocycles. The van der Waals surface area contributed by atoms with Crippen LogP contribution in [0.25, 0.3) is 0 Å². The van der Waals surface area contributed by atoms with E-state index in [0.29, 0.717) is 12.0 Å². The Balaban J connectivity index is 1.37. The number of amides is 2. The van der Waals surface area contributed by atoms with E-state index in [1.54, 1.807) is 20.8 Å². The minimum Gasteiger partial charge on any atom is -0.457 e. The van der Waals surface area contributed by atoms with Gasteiger partial charge >= 0.3 is 11.9 Å². The molecular formula is C35H37ClN4O8S. The second kappa shape index (κ2) is 14.5. The number of benzene rings is 2. The molecule has 3 aromatic rings. The average Bonchev–Trinajstić information content (AvgIpc) is 3.50. The van der Waals surface area contributed by atoms with E-state index in [-0.39, 0.29) is 27.9 Å². The molecule has 0 saturated carbocycles. The van der Waals surface area contributed by atoms with Crippen molar-refractivity contribution in [3.05, 3.63) is 98.6 Å². The van der Waals surface area contributed by atoms with Crippen LogP contribution in [0, 0.1) is 0 Å². The number of carbonyl (C=O) groups excluding carboxylic acids is 4. The van der Waals surface area contributed by atoms with E-state index in [1.807, 2.05) is 60.7 Å². The Morgan fingerprint density at radius 1 is 1.06 bits per heavy atom. The van der Waals surface area contributed by atoms with Crippen LogP contribution >= 0.6 is 22.9 Å². The summed E-state index contributed by atoms with van der Waals surface area (Å²) in [6.45, 7) is 7.53. The first-order chi connectivity index (χ1) is 23.2. The van der Waals surface area contributed by atoms with Gasteiger partial charge in [-0.25, -0.2) is 14.6 Å². The minimum absolute atomic E-state index is 0.00368. The zero-order valence-electron chi connectivity index (χ0n) is 27.6. The average molecular weight is 709 g/mol. The van der Waals surface area contributed by atoms with E-state index in [0.717, 1.165) is 22.5 Å². The maximum Gasteiger partial charge on any atom is 0.356 e. The van der Waals surface area contributed by atoms with Crippen LogP contribution in [0.5, 0.6) is 0 Å². The maximum atomic E-state index is 13.8. The second-order valence-corrected chi connectivity index (χ2v) is 14.5. The summed E-state index contributed by atoms with van der Waals surface area (Å²) in [7, 11) is 0. The highest BCUT2D eigenvalue weighted by molar-refractivity contribution is 7.14. The number of carbonyl (C=O) groups is 4. The Morgan fingerprint density at radius 3 is 2.20 bits per heavy atom. The van der Waals surface area contributed by atoms with E-state index in [4.69, 9.17) is 25.9 Å². The van der Waals surface area contributed by atoms with E-state index in [9.17, 15) is 24.3 Å². The number of aliphatic hydroxyl groups excluding tert-OH is 1. The van der Waals surface area contributed by atoms with Gasteiger partial charge in [-0.05, 0) is 64.2 Å². The Bertz CT molecular complexity index is 1750. The van der Waals surface area contributed by atoms with Gasteiger partial charge < -0.3 is 24.7 Å². The third kappa shape index (κ3) is 7.85. The highest BCUT2D eigenvalue weighted by Crippen LogP contribution is 2.38. The summed E-state index contributed by atoms with van der Waals surface area (Å²) in [5, 5.41) is 16.8. The summed E-state index contributed by atoms with van der Waals surface area (Å²) in [6, 6.07) is 16.7. The number of hydrogen-bond acceptors (Lipinski definition) is 11. The summed E-state index contributed by atoms with van der Waals surface area (Å²) in [5.41, 5.74) is 0.422. The highest BCUT2D eigenvalue weighted by atomic mass is 35.5. The number of rotatable bonds is 11. The van der Waals surface area contributed by atoms with Crippen molar-refractivity contribution in [2.45, 2.75) is 76.9 Å². The number of aromatic nitrogens is 1. The molecule has 0 aliphatic carbocycles. The summed E-state index contributed by atoms with van der Waals surface area (Å²) in [5.74, 6) is -2.91. The van der Waals surface area contributed by atoms with Crippen molar-refractivity contribution in [3.8, 4) is 0 Å². The van der Waals surface area contributed by atoms with Crippen LogP contribution in [0.2, 0.25) is 4.34 Å². The first kappa shape index (κ1) is 35.7. The number of fused-ring (bicyclic) bond motifs is 1. The molecule has 2 atom stereocenters. The lowest BCUT2D eigenvalue weighted by Crippen LogP contribution is -2.72. The Hall–Kier alpha value is -4.59.